The molecular formula is C13H27NO2S. The summed E-state index contributed by atoms with van der Waals surface area (Å²) >= 11 is 1.89. The molecule has 0 bridgehead atoms. The summed E-state index contributed by atoms with van der Waals surface area (Å²) in [5.74, 6) is 1.23. The summed E-state index contributed by atoms with van der Waals surface area (Å²) in [6.07, 6.45) is 6.93. The molecule has 0 aliphatic carbocycles. The number of carbonyl (C=O) groups excluding carboxylic acids is 1. The molecule has 0 saturated carbocycles. The van der Waals surface area contributed by atoms with Gasteiger partial charge in [-0.1, -0.05) is 12.8 Å². The number of thioether (sulfide) groups is 1. The molecule has 0 spiro atoms. The molecule has 102 valence electrons. The quantitative estimate of drug-likeness (QED) is 0.649. The maximum atomic E-state index is 11.4. The highest BCUT2D eigenvalue weighted by Crippen LogP contribution is 2.06. The molecular weight excluding hydrogens is 234 g/mol. The average Bonchev–Trinajstić information content (AvgIpc) is 2.24. The summed E-state index contributed by atoms with van der Waals surface area (Å²) in [7, 11) is 0. The molecule has 0 aromatic rings. The molecule has 0 saturated heterocycles. The van der Waals surface area contributed by atoms with Crippen molar-refractivity contribution in [3.05, 3.63) is 0 Å². The zero-order chi connectivity index (χ0) is 13.1. The maximum Gasteiger partial charge on any atom is 0.246 e. The van der Waals surface area contributed by atoms with Crippen LogP contribution in [0.5, 0.6) is 0 Å². The van der Waals surface area contributed by atoms with Crippen LogP contribution in [-0.2, 0) is 9.53 Å². The molecule has 0 aromatic carbocycles. The second kappa shape index (κ2) is 9.77. The van der Waals surface area contributed by atoms with Crippen LogP contribution >= 0.6 is 11.8 Å². The van der Waals surface area contributed by atoms with Crippen molar-refractivity contribution < 1.29 is 9.53 Å². The third kappa shape index (κ3) is 13.7. The van der Waals surface area contributed by atoms with Gasteiger partial charge in [-0.05, 0) is 45.6 Å². The number of hydrogen-bond donors (Lipinski definition) is 1. The van der Waals surface area contributed by atoms with Crippen LogP contribution in [0.15, 0.2) is 0 Å². The predicted molar refractivity (Wildman–Crippen MR) is 75.6 cm³/mol. The number of nitrogens with one attached hydrogen (secondary N) is 1. The number of carbonyl (C=O) groups is 1. The minimum absolute atomic E-state index is 0.0101. The van der Waals surface area contributed by atoms with Gasteiger partial charge >= 0.3 is 0 Å². The van der Waals surface area contributed by atoms with Crippen molar-refractivity contribution in [2.75, 3.05) is 25.2 Å². The SMILES string of the molecule is CSCCCCCCNC(=O)COC(C)(C)C. The second-order valence-corrected chi connectivity index (χ2v) is 6.14. The van der Waals surface area contributed by atoms with Crippen molar-refractivity contribution in [1.82, 2.24) is 5.32 Å². The molecule has 0 heterocycles. The number of unbranched alkanes of at least 4 members (excludes halogenated alkanes) is 3. The first-order valence-corrected chi connectivity index (χ1v) is 7.74. The fraction of sp³-hybridized carbons (Fsp3) is 0.923. The van der Waals surface area contributed by atoms with E-state index in [1.165, 1.54) is 25.0 Å². The monoisotopic (exact) mass is 261 g/mol. The zero-order valence-electron chi connectivity index (χ0n) is 11.7. The highest BCUT2D eigenvalue weighted by molar-refractivity contribution is 7.98. The van der Waals surface area contributed by atoms with E-state index >= 15 is 0 Å². The van der Waals surface area contributed by atoms with Crippen LogP contribution in [0.2, 0.25) is 0 Å². The molecule has 0 aliphatic heterocycles. The molecule has 3 nitrogen and oxygen atoms in total. The first-order valence-electron chi connectivity index (χ1n) is 6.35. The lowest BCUT2D eigenvalue weighted by Gasteiger charge is -2.18. The van der Waals surface area contributed by atoms with E-state index in [1.807, 2.05) is 32.5 Å². The lowest BCUT2D eigenvalue weighted by Crippen LogP contribution is -2.32. The highest BCUT2D eigenvalue weighted by atomic mass is 32.2. The molecule has 0 radical (unpaired) electrons. The van der Waals surface area contributed by atoms with Gasteiger partial charge in [-0.3, -0.25) is 4.79 Å². The normalized spacial score (nSPS) is 11.5. The van der Waals surface area contributed by atoms with Gasteiger partial charge in [0, 0.05) is 6.54 Å². The topological polar surface area (TPSA) is 38.3 Å². The van der Waals surface area contributed by atoms with Crippen LogP contribution in [0.1, 0.15) is 46.5 Å². The average molecular weight is 261 g/mol. The molecule has 0 atom stereocenters. The fourth-order valence-electron chi connectivity index (χ4n) is 1.29. The smallest absolute Gasteiger partial charge is 0.246 e. The molecule has 0 fully saturated rings. The molecule has 0 unspecified atom stereocenters. The molecule has 0 aromatic heterocycles. The van der Waals surface area contributed by atoms with E-state index < -0.39 is 0 Å². The third-order valence-corrected chi connectivity index (χ3v) is 2.93. The van der Waals surface area contributed by atoms with Crippen molar-refractivity contribution in [3.8, 4) is 0 Å². The van der Waals surface area contributed by atoms with Crippen LogP contribution in [-0.4, -0.2) is 36.7 Å². The van der Waals surface area contributed by atoms with Crippen LogP contribution in [0.3, 0.4) is 0 Å². The largest absolute Gasteiger partial charge is 0.366 e. The standard InChI is InChI=1S/C13H27NO2S/c1-13(2,3)16-11-12(15)14-9-7-5-6-8-10-17-4/h5-11H2,1-4H3,(H,14,15). The van der Waals surface area contributed by atoms with Gasteiger partial charge in [0.05, 0.1) is 5.60 Å². The van der Waals surface area contributed by atoms with E-state index in [1.54, 1.807) is 0 Å². The van der Waals surface area contributed by atoms with Gasteiger partial charge < -0.3 is 10.1 Å². The van der Waals surface area contributed by atoms with Crippen molar-refractivity contribution in [2.24, 2.45) is 0 Å². The summed E-state index contributed by atoms with van der Waals surface area (Å²) in [5, 5.41) is 2.88. The van der Waals surface area contributed by atoms with E-state index in [4.69, 9.17) is 4.74 Å². The summed E-state index contributed by atoms with van der Waals surface area (Å²) in [6.45, 7) is 6.78. The Labute approximate surface area is 110 Å². The van der Waals surface area contributed by atoms with Gasteiger partial charge in [-0.2, -0.15) is 11.8 Å². The Bertz CT molecular complexity index is 202. The van der Waals surface area contributed by atoms with Gasteiger partial charge in [-0.15, -0.1) is 0 Å². The first-order chi connectivity index (χ1) is 7.95. The third-order valence-electron chi connectivity index (χ3n) is 2.23. The van der Waals surface area contributed by atoms with E-state index in [2.05, 4.69) is 11.6 Å². The Balaban J connectivity index is 3.28. The molecule has 0 aliphatic rings. The van der Waals surface area contributed by atoms with Crippen molar-refractivity contribution >= 4 is 17.7 Å². The molecule has 1 N–H and O–H groups in total. The van der Waals surface area contributed by atoms with E-state index in [0.717, 1.165) is 13.0 Å². The fourth-order valence-corrected chi connectivity index (χ4v) is 1.78. The molecule has 1 amide bonds. The van der Waals surface area contributed by atoms with Gasteiger partial charge in [0.2, 0.25) is 5.91 Å². The van der Waals surface area contributed by atoms with Crippen molar-refractivity contribution in [2.45, 2.75) is 52.1 Å². The van der Waals surface area contributed by atoms with Gasteiger partial charge in [0.15, 0.2) is 0 Å². The van der Waals surface area contributed by atoms with Gasteiger partial charge in [-0.25, -0.2) is 0 Å². The maximum absolute atomic E-state index is 11.4. The Morgan fingerprint density at radius 3 is 2.41 bits per heavy atom. The predicted octanol–water partition coefficient (Wildman–Crippen LogP) is 2.84. The van der Waals surface area contributed by atoms with Crippen LogP contribution in [0.4, 0.5) is 0 Å². The highest BCUT2D eigenvalue weighted by Gasteiger charge is 2.12. The Kier molecular flexibility index (Phi) is 9.65. The van der Waals surface area contributed by atoms with E-state index in [-0.39, 0.29) is 18.1 Å². The van der Waals surface area contributed by atoms with Crippen LogP contribution in [0.25, 0.3) is 0 Å². The number of amides is 1. The Hall–Kier alpha value is -0.220. The summed E-state index contributed by atoms with van der Waals surface area (Å²) in [5.41, 5.74) is -0.241. The van der Waals surface area contributed by atoms with Gasteiger partial charge in [0.25, 0.3) is 0 Å². The number of rotatable bonds is 9. The van der Waals surface area contributed by atoms with Crippen LogP contribution in [0, 0.1) is 0 Å². The first kappa shape index (κ1) is 16.8. The molecule has 4 heteroatoms. The number of ether oxygens (including phenoxy) is 1. The minimum atomic E-state index is -0.241. The second-order valence-electron chi connectivity index (χ2n) is 5.16. The Morgan fingerprint density at radius 2 is 1.82 bits per heavy atom. The van der Waals surface area contributed by atoms with Crippen LogP contribution < -0.4 is 5.32 Å². The number of hydrogen-bond acceptors (Lipinski definition) is 3. The summed E-state index contributed by atoms with van der Waals surface area (Å²) in [4.78, 5) is 11.4. The van der Waals surface area contributed by atoms with Gasteiger partial charge in [0.1, 0.15) is 6.61 Å². The summed E-state index contributed by atoms with van der Waals surface area (Å²) < 4.78 is 5.39. The Morgan fingerprint density at radius 1 is 1.18 bits per heavy atom. The van der Waals surface area contributed by atoms with Crippen molar-refractivity contribution in [1.29, 1.82) is 0 Å². The molecule has 17 heavy (non-hydrogen) atoms. The van der Waals surface area contributed by atoms with Crippen molar-refractivity contribution in [3.63, 3.8) is 0 Å². The van der Waals surface area contributed by atoms with E-state index in [0.29, 0.717) is 0 Å². The zero-order valence-corrected chi connectivity index (χ0v) is 12.5. The lowest BCUT2D eigenvalue weighted by atomic mass is 10.2. The summed E-state index contributed by atoms with van der Waals surface area (Å²) in [6, 6.07) is 0. The van der Waals surface area contributed by atoms with E-state index in [9.17, 15) is 4.79 Å². The lowest BCUT2D eigenvalue weighted by molar-refractivity contribution is -0.130. The minimum Gasteiger partial charge on any atom is -0.366 e. The molecule has 0 rings (SSSR count).